The second kappa shape index (κ2) is 11.4. The van der Waals surface area contributed by atoms with Crippen LogP contribution in [-0.4, -0.2) is 47.0 Å². The molecule has 0 aromatic heterocycles. The summed E-state index contributed by atoms with van der Waals surface area (Å²) in [6, 6.07) is 9.69. The molecule has 202 valence electrons. The van der Waals surface area contributed by atoms with Crippen LogP contribution >= 0.6 is 0 Å². The third kappa shape index (κ3) is 6.63. The van der Waals surface area contributed by atoms with Crippen LogP contribution in [0.25, 0.3) is 0 Å². The van der Waals surface area contributed by atoms with Crippen molar-refractivity contribution in [3.05, 3.63) is 58.1 Å². The number of esters is 1. The van der Waals surface area contributed by atoms with E-state index >= 15 is 0 Å². The highest BCUT2D eigenvalue weighted by Gasteiger charge is 2.38. The van der Waals surface area contributed by atoms with Crippen molar-refractivity contribution in [2.45, 2.75) is 72.5 Å². The maximum atomic E-state index is 13.4. The summed E-state index contributed by atoms with van der Waals surface area (Å²) in [6.45, 7) is 19.9. The molecule has 3 rings (SSSR count). The SMILES string of the molecule is COC(=O)c1ccc(C)c(NC(=O)c2cc(N3CCC[C@H](CO[Si](C)(C)C(C)(C)C)C3)ccc2C)c1C. The third-order valence-electron chi connectivity index (χ3n) is 8.15. The van der Waals surface area contributed by atoms with Crippen LogP contribution in [0.5, 0.6) is 0 Å². The normalized spacial score (nSPS) is 16.5. The van der Waals surface area contributed by atoms with Gasteiger partial charge in [-0.3, -0.25) is 4.79 Å². The monoisotopic (exact) mass is 524 g/mol. The number of nitrogens with zero attached hydrogens (tertiary/aromatic N) is 1. The van der Waals surface area contributed by atoms with Gasteiger partial charge < -0.3 is 19.4 Å². The largest absolute Gasteiger partial charge is 0.465 e. The summed E-state index contributed by atoms with van der Waals surface area (Å²) < 4.78 is 11.4. The number of aryl methyl sites for hydroxylation is 2. The Balaban J connectivity index is 1.77. The van der Waals surface area contributed by atoms with Crippen LogP contribution in [0.4, 0.5) is 11.4 Å². The number of rotatable bonds is 7. The molecule has 2 aromatic rings. The van der Waals surface area contributed by atoms with Crippen molar-refractivity contribution < 1.29 is 18.8 Å². The second-order valence-electron chi connectivity index (χ2n) is 11.9. The van der Waals surface area contributed by atoms with E-state index in [1.54, 1.807) is 6.07 Å². The van der Waals surface area contributed by atoms with E-state index < -0.39 is 14.3 Å². The van der Waals surface area contributed by atoms with Gasteiger partial charge in [0, 0.05) is 36.6 Å². The lowest BCUT2D eigenvalue weighted by molar-refractivity contribution is 0.0599. The number of amides is 1. The number of hydrogen-bond donors (Lipinski definition) is 1. The zero-order valence-corrected chi connectivity index (χ0v) is 25.1. The smallest absolute Gasteiger partial charge is 0.338 e. The van der Waals surface area contributed by atoms with Crippen molar-refractivity contribution in [3.63, 3.8) is 0 Å². The first-order valence-corrected chi connectivity index (χ1v) is 16.2. The molecule has 1 heterocycles. The van der Waals surface area contributed by atoms with Crippen molar-refractivity contribution in [2.75, 3.05) is 37.0 Å². The van der Waals surface area contributed by atoms with Crippen LogP contribution in [0, 0.1) is 26.7 Å². The van der Waals surface area contributed by atoms with Crippen molar-refractivity contribution in [2.24, 2.45) is 5.92 Å². The van der Waals surface area contributed by atoms with Gasteiger partial charge in [0.2, 0.25) is 0 Å². The molecule has 1 N–H and O–H groups in total. The van der Waals surface area contributed by atoms with Crippen molar-refractivity contribution in [1.29, 1.82) is 0 Å². The molecule has 1 saturated heterocycles. The number of methoxy groups -OCH3 is 1. The molecule has 1 aliphatic heterocycles. The topological polar surface area (TPSA) is 67.9 Å². The number of carbonyl (C=O) groups is 2. The lowest BCUT2D eigenvalue weighted by atomic mass is 9.97. The molecule has 2 aromatic carbocycles. The molecule has 37 heavy (non-hydrogen) atoms. The van der Waals surface area contributed by atoms with Gasteiger partial charge in [-0.15, -0.1) is 0 Å². The molecule has 0 bridgehead atoms. The Kier molecular flexibility index (Phi) is 8.91. The summed E-state index contributed by atoms with van der Waals surface area (Å²) in [7, 11) is -0.422. The van der Waals surface area contributed by atoms with Gasteiger partial charge in [-0.2, -0.15) is 0 Å². The number of hydrogen-bond acceptors (Lipinski definition) is 5. The van der Waals surface area contributed by atoms with Crippen molar-refractivity contribution >= 4 is 31.6 Å². The summed E-state index contributed by atoms with van der Waals surface area (Å²) >= 11 is 0. The Morgan fingerprint density at radius 1 is 1.05 bits per heavy atom. The van der Waals surface area contributed by atoms with E-state index in [1.807, 2.05) is 39.0 Å². The Morgan fingerprint density at radius 3 is 2.38 bits per heavy atom. The van der Waals surface area contributed by atoms with Gasteiger partial charge in [0.15, 0.2) is 8.32 Å². The molecule has 1 aliphatic rings. The molecule has 1 fully saturated rings. The molecular formula is C30H44N2O4Si. The Bertz CT molecular complexity index is 1150. The van der Waals surface area contributed by atoms with E-state index in [1.165, 1.54) is 13.5 Å². The summed E-state index contributed by atoms with van der Waals surface area (Å²) in [5, 5.41) is 3.27. The van der Waals surface area contributed by atoms with Crippen LogP contribution in [0.15, 0.2) is 30.3 Å². The lowest BCUT2D eigenvalue weighted by Gasteiger charge is -2.40. The Hall–Kier alpha value is -2.64. The molecule has 1 amide bonds. The van der Waals surface area contributed by atoms with E-state index in [0.717, 1.165) is 42.9 Å². The first-order chi connectivity index (χ1) is 17.2. The fraction of sp³-hybridized carbons (Fsp3) is 0.533. The number of anilines is 2. The minimum atomic E-state index is -1.78. The summed E-state index contributed by atoms with van der Waals surface area (Å²) in [4.78, 5) is 28.0. The van der Waals surface area contributed by atoms with Gasteiger partial charge in [0.25, 0.3) is 5.91 Å². The van der Waals surface area contributed by atoms with Gasteiger partial charge in [0.1, 0.15) is 0 Å². The number of piperidine rings is 1. The van der Waals surface area contributed by atoms with Crippen LogP contribution in [0.3, 0.4) is 0 Å². The Morgan fingerprint density at radius 2 is 1.73 bits per heavy atom. The molecule has 0 spiro atoms. The first kappa shape index (κ1) is 28.9. The van der Waals surface area contributed by atoms with E-state index in [4.69, 9.17) is 9.16 Å². The first-order valence-electron chi connectivity index (χ1n) is 13.2. The predicted molar refractivity (Wildman–Crippen MR) is 154 cm³/mol. The van der Waals surface area contributed by atoms with Crippen molar-refractivity contribution in [1.82, 2.24) is 0 Å². The van der Waals surface area contributed by atoms with E-state index in [-0.39, 0.29) is 10.9 Å². The van der Waals surface area contributed by atoms with Crippen LogP contribution < -0.4 is 10.2 Å². The van der Waals surface area contributed by atoms with Crippen molar-refractivity contribution in [3.8, 4) is 0 Å². The molecule has 1 atom stereocenters. The average molecular weight is 525 g/mol. The van der Waals surface area contributed by atoms with E-state index in [2.05, 4.69) is 50.1 Å². The highest BCUT2D eigenvalue weighted by molar-refractivity contribution is 6.74. The molecule has 0 unspecified atom stereocenters. The lowest BCUT2D eigenvalue weighted by Crippen LogP contribution is -2.44. The molecule has 0 saturated carbocycles. The van der Waals surface area contributed by atoms with Gasteiger partial charge in [-0.1, -0.05) is 32.9 Å². The van der Waals surface area contributed by atoms with Gasteiger partial charge in [-0.05, 0) is 92.6 Å². The maximum absolute atomic E-state index is 13.4. The minimum absolute atomic E-state index is 0.178. The van der Waals surface area contributed by atoms with Gasteiger partial charge >= 0.3 is 5.97 Å². The third-order valence-corrected chi connectivity index (χ3v) is 12.7. The number of ether oxygens (including phenoxy) is 1. The molecule has 0 radical (unpaired) electrons. The Labute approximate surface area is 223 Å². The zero-order chi connectivity index (χ0) is 27.5. The second-order valence-corrected chi connectivity index (χ2v) is 16.7. The summed E-state index contributed by atoms with van der Waals surface area (Å²) in [5.74, 6) is -0.112. The van der Waals surface area contributed by atoms with E-state index in [0.29, 0.717) is 28.3 Å². The maximum Gasteiger partial charge on any atom is 0.338 e. The van der Waals surface area contributed by atoms with Crippen LogP contribution in [0.1, 0.15) is 71.0 Å². The van der Waals surface area contributed by atoms with Crippen LogP contribution in [0.2, 0.25) is 18.1 Å². The van der Waals surface area contributed by atoms with Gasteiger partial charge in [0.05, 0.1) is 12.7 Å². The summed E-state index contributed by atoms with van der Waals surface area (Å²) in [6.07, 6.45) is 2.28. The zero-order valence-electron chi connectivity index (χ0n) is 24.1. The molecule has 0 aliphatic carbocycles. The molecule has 6 nitrogen and oxygen atoms in total. The van der Waals surface area contributed by atoms with Gasteiger partial charge in [-0.25, -0.2) is 4.79 Å². The minimum Gasteiger partial charge on any atom is -0.465 e. The molecular weight excluding hydrogens is 480 g/mol. The molecule has 7 heteroatoms. The fourth-order valence-electron chi connectivity index (χ4n) is 4.58. The number of carbonyl (C=O) groups excluding carboxylic acids is 2. The fourth-order valence-corrected chi connectivity index (χ4v) is 5.67. The van der Waals surface area contributed by atoms with Crippen LogP contribution in [-0.2, 0) is 9.16 Å². The van der Waals surface area contributed by atoms with E-state index in [9.17, 15) is 9.59 Å². The number of nitrogens with one attached hydrogen (secondary N) is 1. The standard InChI is InChI=1S/C30H44N2O4Si/c1-20-12-14-24(32-16-10-11-23(18-32)19-36-37(8,9)30(4,5)6)17-26(20)28(33)31-27-21(2)13-15-25(22(27)3)29(34)35-7/h12-15,17,23H,10-11,16,18-19H2,1-9H3,(H,31,33)/t23-/m0/s1. The quantitative estimate of drug-likeness (QED) is 0.316. The summed E-state index contributed by atoms with van der Waals surface area (Å²) in [5.41, 5.74) is 5.31. The predicted octanol–water partition coefficient (Wildman–Crippen LogP) is 6.89. The highest BCUT2D eigenvalue weighted by Crippen LogP contribution is 2.37. The number of benzene rings is 2. The highest BCUT2D eigenvalue weighted by atomic mass is 28.4. The average Bonchev–Trinajstić information content (AvgIpc) is 2.84.